The van der Waals surface area contributed by atoms with Crippen LogP contribution in [-0.4, -0.2) is 10.5 Å². The minimum absolute atomic E-state index is 0.0191. The second-order valence-electron chi connectivity index (χ2n) is 3.56. The van der Waals surface area contributed by atoms with Crippen molar-refractivity contribution in [3.05, 3.63) is 33.9 Å². The van der Waals surface area contributed by atoms with Crippen molar-refractivity contribution in [2.75, 3.05) is 0 Å². The van der Waals surface area contributed by atoms with Gasteiger partial charge in [0.25, 0.3) is 0 Å². The maximum absolute atomic E-state index is 11.7. The number of rotatable bonds is 4. The molecule has 0 radical (unpaired) electrons. The Morgan fingerprint density at radius 1 is 1.38 bits per heavy atom. The molecule has 1 aromatic carbocycles. The lowest BCUT2D eigenvalue weighted by Crippen LogP contribution is -2.16. The molecule has 84 valence electrons. The molecule has 0 saturated carbocycles. The number of thiazole rings is 1. The molecule has 5 heteroatoms. The summed E-state index contributed by atoms with van der Waals surface area (Å²) in [5.74, 6) is -0.326. The second-order valence-corrected chi connectivity index (χ2v) is 4.55. The van der Waals surface area contributed by atoms with E-state index in [1.807, 2.05) is 24.3 Å². The summed E-state index contributed by atoms with van der Waals surface area (Å²) in [6, 6.07) is 7.65. The zero-order valence-corrected chi connectivity index (χ0v) is 9.50. The first-order chi connectivity index (χ1) is 7.68. The van der Waals surface area contributed by atoms with Crippen molar-refractivity contribution in [3.63, 3.8) is 0 Å². The monoisotopic (exact) mass is 236 g/mol. The summed E-state index contributed by atoms with van der Waals surface area (Å²) in [7, 11) is 0. The van der Waals surface area contributed by atoms with Crippen LogP contribution in [0.5, 0.6) is 0 Å². The van der Waals surface area contributed by atoms with Crippen molar-refractivity contribution in [1.29, 1.82) is 0 Å². The lowest BCUT2D eigenvalue weighted by molar-refractivity contribution is -0.118. The molecule has 2 rings (SSSR count). The normalized spacial score (nSPS) is 10.8. The van der Waals surface area contributed by atoms with E-state index in [-0.39, 0.29) is 10.8 Å². The van der Waals surface area contributed by atoms with Crippen molar-refractivity contribution < 1.29 is 4.79 Å². The van der Waals surface area contributed by atoms with Crippen LogP contribution in [0.1, 0.15) is 12.8 Å². The van der Waals surface area contributed by atoms with E-state index in [0.29, 0.717) is 19.4 Å². The number of carbonyl (C=O) groups excluding carboxylic acids is 1. The Morgan fingerprint density at radius 3 is 2.88 bits per heavy atom. The first-order valence-electron chi connectivity index (χ1n) is 5.05. The van der Waals surface area contributed by atoms with E-state index in [4.69, 9.17) is 5.73 Å². The Kier molecular flexibility index (Phi) is 3.05. The molecule has 0 unspecified atom stereocenters. The molecule has 2 N–H and O–H groups in total. The Labute approximate surface area is 96.3 Å². The highest BCUT2D eigenvalue weighted by Crippen LogP contribution is 2.16. The second kappa shape index (κ2) is 4.49. The fraction of sp³-hybridized carbons (Fsp3) is 0.273. The Hall–Kier alpha value is -1.62. The average Bonchev–Trinajstić information content (AvgIpc) is 2.55. The van der Waals surface area contributed by atoms with Crippen molar-refractivity contribution in [3.8, 4) is 0 Å². The number of nitrogens with zero attached hydrogens (tertiary/aromatic N) is 1. The molecule has 1 aromatic heterocycles. The summed E-state index contributed by atoms with van der Waals surface area (Å²) in [6.45, 7) is 0.547. The van der Waals surface area contributed by atoms with Gasteiger partial charge >= 0.3 is 4.87 Å². The van der Waals surface area contributed by atoms with Gasteiger partial charge < -0.3 is 5.73 Å². The molecule has 0 bridgehead atoms. The predicted octanol–water partition coefficient (Wildman–Crippen LogP) is 1.33. The van der Waals surface area contributed by atoms with E-state index in [9.17, 15) is 9.59 Å². The Balaban J connectivity index is 2.26. The van der Waals surface area contributed by atoms with Gasteiger partial charge in [0.1, 0.15) is 0 Å². The zero-order chi connectivity index (χ0) is 11.5. The fourth-order valence-corrected chi connectivity index (χ4v) is 2.55. The number of hydrogen-bond donors (Lipinski definition) is 1. The third-order valence-electron chi connectivity index (χ3n) is 2.38. The fourth-order valence-electron chi connectivity index (χ4n) is 1.64. The molecular formula is C11H12N2O2S. The van der Waals surface area contributed by atoms with Gasteiger partial charge in [-0.1, -0.05) is 23.5 Å². The summed E-state index contributed by atoms with van der Waals surface area (Å²) in [6.07, 6.45) is 0.923. The lowest BCUT2D eigenvalue weighted by Gasteiger charge is -2.01. The summed E-state index contributed by atoms with van der Waals surface area (Å²) in [5.41, 5.74) is 5.99. The van der Waals surface area contributed by atoms with Gasteiger partial charge in [-0.15, -0.1) is 0 Å². The predicted molar refractivity (Wildman–Crippen MR) is 64.5 cm³/mol. The average molecular weight is 236 g/mol. The van der Waals surface area contributed by atoms with Crippen LogP contribution in [0.3, 0.4) is 0 Å². The summed E-state index contributed by atoms with van der Waals surface area (Å²) < 4.78 is 2.68. The molecule has 0 spiro atoms. The maximum atomic E-state index is 11.7. The number of benzene rings is 1. The number of amides is 1. The van der Waals surface area contributed by atoms with Crippen molar-refractivity contribution >= 4 is 27.5 Å². The molecule has 0 atom stereocenters. The standard InChI is InChI=1S/C11H12N2O2S/c12-10(14)6-3-7-13-8-4-1-2-5-9(8)16-11(13)15/h1-2,4-5H,3,6-7H2,(H2,12,14). The third kappa shape index (κ3) is 2.14. The molecule has 0 aliphatic rings. The van der Waals surface area contributed by atoms with Gasteiger partial charge in [0.2, 0.25) is 5.91 Å². The number of aryl methyl sites for hydroxylation is 1. The van der Waals surface area contributed by atoms with E-state index in [1.165, 1.54) is 11.3 Å². The minimum atomic E-state index is -0.326. The van der Waals surface area contributed by atoms with Crippen LogP contribution in [-0.2, 0) is 11.3 Å². The first kappa shape index (κ1) is 10.9. The summed E-state index contributed by atoms with van der Waals surface area (Å²) in [4.78, 5) is 22.3. The number of hydrogen-bond acceptors (Lipinski definition) is 3. The SMILES string of the molecule is NC(=O)CCCn1c(=O)sc2ccccc21. The molecule has 4 nitrogen and oxygen atoms in total. The zero-order valence-electron chi connectivity index (χ0n) is 8.68. The Bertz CT molecular complexity index is 571. The molecule has 0 fully saturated rings. The van der Waals surface area contributed by atoms with Gasteiger partial charge in [0.15, 0.2) is 0 Å². The van der Waals surface area contributed by atoms with Gasteiger partial charge in [-0.25, -0.2) is 0 Å². The minimum Gasteiger partial charge on any atom is -0.370 e. The Morgan fingerprint density at radius 2 is 2.12 bits per heavy atom. The van der Waals surface area contributed by atoms with Gasteiger partial charge in [0, 0.05) is 13.0 Å². The molecular weight excluding hydrogens is 224 g/mol. The largest absolute Gasteiger partial charge is 0.370 e. The highest BCUT2D eigenvalue weighted by atomic mass is 32.1. The van der Waals surface area contributed by atoms with E-state index in [1.54, 1.807) is 4.57 Å². The number of para-hydroxylation sites is 1. The van der Waals surface area contributed by atoms with E-state index >= 15 is 0 Å². The van der Waals surface area contributed by atoms with Crippen LogP contribution >= 0.6 is 11.3 Å². The maximum Gasteiger partial charge on any atom is 0.308 e. The summed E-state index contributed by atoms with van der Waals surface area (Å²) >= 11 is 1.23. The van der Waals surface area contributed by atoms with Crippen molar-refractivity contribution in [1.82, 2.24) is 4.57 Å². The number of carbonyl (C=O) groups is 1. The topological polar surface area (TPSA) is 65.1 Å². The van der Waals surface area contributed by atoms with Crippen LogP contribution in [0.4, 0.5) is 0 Å². The molecule has 0 aliphatic carbocycles. The van der Waals surface area contributed by atoms with Crippen molar-refractivity contribution in [2.45, 2.75) is 19.4 Å². The van der Waals surface area contributed by atoms with Gasteiger partial charge in [-0.05, 0) is 18.6 Å². The van der Waals surface area contributed by atoms with E-state index < -0.39 is 0 Å². The van der Waals surface area contributed by atoms with E-state index in [0.717, 1.165) is 10.2 Å². The molecule has 1 heterocycles. The highest BCUT2D eigenvalue weighted by molar-refractivity contribution is 7.16. The van der Waals surface area contributed by atoms with Crippen molar-refractivity contribution in [2.24, 2.45) is 5.73 Å². The third-order valence-corrected chi connectivity index (χ3v) is 3.34. The quantitative estimate of drug-likeness (QED) is 0.870. The molecule has 1 amide bonds. The van der Waals surface area contributed by atoms with Gasteiger partial charge in [-0.3, -0.25) is 14.2 Å². The van der Waals surface area contributed by atoms with Gasteiger partial charge in [-0.2, -0.15) is 0 Å². The number of aromatic nitrogens is 1. The van der Waals surface area contributed by atoms with Gasteiger partial charge in [0.05, 0.1) is 10.2 Å². The summed E-state index contributed by atoms with van der Waals surface area (Å²) in [5, 5.41) is 0. The van der Waals surface area contributed by atoms with Crippen LogP contribution in [0.25, 0.3) is 10.2 Å². The first-order valence-corrected chi connectivity index (χ1v) is 5.87. The molecule has 16 heavy (non-hydrogen) atoms. The number of fused-ring (bicyclic) bond motifs is 1. The number of primary amides is 1. The number of nitrogens with two attached hydrogens (primary N) is 1. The molecule has 2 aromatic rings. The van der Waals surface area contributed by atoms with Crippen LogP contribution < -0.4 is 10.6 Å². The molecule has 0 saturated heterocycles. The van der Waals surface area contributed by atoms with Crippen LogP contribution in [0, 0.1) is 0 Å². The molecule has 0 aliphatic heterocycles. The van der Waals surface area contributed by atoms with Crippen LogP contribution in [0.2, 0.25) is 0 Å². The smallest absolute Gasteiger partial charge is 0.308 e. The highest BCUT2D eigenvalue weighted by Gasteiger charge is 2.06. The van der Waals surface area contributed by atoms with Crippen LogP contribution in [0.15, 0.2) is 29.1 Å². The van der Waals surface area contributed by atoms with E-state index in [2.05, 4.69) is 0 Å². The lowest BCUT2D eigenvalue weighted by atomic mass is 10.3.